The number of hydrogen-bond acceptors (Lipinski definition) is 7. The number of aromatic nitrogens is 3. The van der Waals surface area contributed by atoms with Gasteiger partial charge in [0.2, 0.25) is 10.0 Å². The van der Waals surface area contributed by atoms with E-state index in [1.54, 1.807) is 18.0 Å². The second-order valence-electron chi connectivity index (χ2n) is 6.45. The maximum Gasteiger partial charge on any atom is 0.276 e. The number of nitrogens with zero attached hydrogens (tertiary/aromatic N) is 5. The minimum absolute atomic E-state index is 0.159. The Morgan fingerprint density at radius 1 is 1.25 bits per heavy atom. The summed E-state index contributed by atoms with van der Waals surface area (Å²) in [5.74, 6) is 0.293. The number of carbonyl (C=O) groups is 1. The van der Waals surface area contributed by atoms with Crippen molar-refractivity contribution in [1.82, 2.24) is 24.1 Å². The van der Waals surface area contributed by atoms with E-state index in [1.165, 1.54) is 32.7 Å². The Bertz CT molecular complexity index is 1070. The predicted molar refractivity (Wildman–Crippen MR) is 102 cm³/mol. The number of sulfonamides is 1. The van der Waals surface area contributed by atoms with Gasteiger partial charge in [-0.3, -0.25) is 9.48 Å². The molecular formula is C17H19N5O4S2. The van der Waals surface area contributed by atoms with E-state index < -0.39 is 10.0 Å². The quantitative estimate of drug-likeness (QED) is 0.635. The van der Waals surface area contributed by atoms with Gasteiger partial charge in [-0.2, -0.15) is 9.40 Å². The van der Waals surface area contributed by atoms with Crippen molar-refractivity contribution in [3.63, 3.8) is 0 Å². The van der Waals surface area contributed by atoms with Crippen LogP contribution in [0.1, 0.15) is 16.9 Å². The van der Waals surface area contributed by atoms with Gasteiger partial charge in [0, 0.05) is 45.5 Å². The van der Waals surface area contributed by atoms with Crippen molar-refractivity contribution in [2.24, 2.45) is 7.05 Å². The summed E-state index contributed by atoms with van der Waals surface area (Å²) >= 11 is 1.50. The molecule has 0 saturated carbocycles. The van der Waals surface area contributed by atoms with Gasteiger partial charge in [-0.25, -0.2) is 8.42 Å². The second-order valence-corrected chi connectivity index (χ2v) is 9.34. The lowest BCUT2D eigenvalue weighted by molar-refractivity contribution is 0.0754. The van der Waals surface area contributed by atoms with Gasteiger partial charge in [0.05, 0.1) is 11.1 Å². The Kier molecular flexibility index (Phi) is 5.04. The summed E-state index contributed by atoms with van der Waals surface area (Å²) in [6, 6.07) is 5.42. The molecule has 4 heterocycles. The van der Waals surface area contributed by atoms with Crippen molar-refractivity contribution in [3.05, 3.63) is 41.7 Å². The van der Waals surface area contributed by atoms with Gasteiger partial charge in [0.1, 0.15) is 4.90 Å². The second kappa shape index (κ2) is 7.49. The zero-order valence-electron chi connectivity index (χ0n) is 15.2. The van der Waals surface area contributed by atoms with E-state index in [-0.39, 0.29) is 23.0 Å². The summed E-state index contributed by atoms with van der Waals surface area (Å²) in [5, 5.41) is 9.75. The smallest absolute Gasteiger partial charge is 0.276 e. The largest absolute Gasteiger partial charge is 0.355 e. The molecule has 0 atom stereocenters. The first kappa shape index (κ1) is 18.8. The Labute approximate surface area is 166 Å². The standard InChI is InChI=1S/C17H19N5O4S2/c1-20-12-13(11-18-20)28(24,25)22-6-3-5-21(7-8-22)17(23)14-10-15(26-19-14)16-4-2-9-27-16/h2,4,9-12H,3,5-8H2,1H3. The molecule has 11 heteroatoms. The topological polar surface area (TPSA) is 102 Å². The van der Waals surface area contributed by atoms with Crippen LogP contribution in [0, 0.1) is 0 Å². The van der Waals surface area contributed by atoms with Crippen LogP contribution in [0.5, 0.6) is 0 Å². The van der Waals surface area contributed by atoms with Crippen molar-refractivity contribution in [3.8, 4) is 10.6 Å². The lowest BCUT2D eigenvalue weighted by Crippen LogP contribution is -2.37. The van der Waals surface area contributed by atoms with E-state index in [1.807, 2.05) is 17.5 Å². The Morgan fingerprint density at radius 3 is 2.82 bits per heavy atom. The molecule has 1 aliphatic rings. The molecule has 0 aromatic carbocycles. The van der Waals surface area contributed by atoms with Gasteiger partial charge in [0.25, 0.3) is 5.91 Å². The number of carbonyl (C=O) groups excluding carboxylic acids is 1. The molecule has 0 N–H and O–H groups in total. The molecular weight excluding hydrogens is 402 g/mol. The molecule has 0 aliphatic carbocycles. The van der Waals surface area contributed by atoms with Crippen LogP contribution in [0.2, 0.25) is 0 Å². The summed E-state index contributed by atoms with van der Waals surface area (Å²) in [6.45, 7) is 1.32. The minimum Gasteiger partial charge on any atom is -0.355 e. The summed E-state index contributed by atoms with van der Waals surface area (Å²) in [7, 11) is -1.95. The number of amides is 1. The molecule has 1 amide bonds. The van der Waals surface area contributed by atoms with Crippen LogP contribution in [0.3, 0.4) is 0 Å². The van der Waals surface area contributed by atoms with Crippen LogP contribution in [-0.4, -0.2) is 64.6 Å². The van der Waals surface area contributed by atoms with E-state index in [0.717, 1.165) is 4.88 Å². The summed E-state index contributed by atoms with van der Waals surface area (Å²) in [6.07, 6.45) is 3.36. The van der Waals surface area contributed by atoms with Crippen LogP contribution in [0.15, 0.2) is 45.4 Å². The Hall–Kier alpha value is -2.50. The highest BCUT2D eigenvalue weighted by Crippen LogP contribution is 2.26. The number of hydrogen-bond donors (Lipinski definition) is 0. The monoisotopic (exact) mass is 421 g/mol. The van der Waals surface area contributed by atoms with E-state index in [4.69, 9.17) is 4.52 Å². The van der Waals surface area contributed by atoms with Crippen LogP contribution in [0.4, 0.5) is 0 Å². The highest BCUT2D eigenvalue weighted by molar-refractivity contribution is 7.89. The predicted octanol–water partition coefficient (Wildman–Crippen LogP) is 1.67. The molecule has 9 nitrogen and oxygen atoms in total. The third kappa shape index (κ3) is 3.60. The van der Waals surface area contributed by atoms with Gasteiger partial charge in [-0.1, -0.05) is 11.2 Å². The molecule has 4 rings (SSSR count). The fourth-order valence-corrected chi connectivity index (χ4v) is 5.22. The van der Waals surface area contributed by atoms with Crippen LogP contribution in [0.25, 0.3) is 10.6 Å². The van der Waals surface area contributed by atoms with Crippen molar-refractivity contribution >= 4 is 27.3 Å². The molecule has 1 fully saturated rings. The third-order valence-electron chi connectivity index (χ3n) is 4.55. The van der Waals surface area contributed by atoms with Crippen molar-refractivity contribution in [2.45, 2.75) is 11.3 Å². The fraction of sp³-hybridized carbons (Fsp3) is 0.353. The number of rotatable bonds is 4. The molecule has 0 unspecified atom stereocenters. The molecule has 28 heavy (non-hydrogen) atoms. The zero-order chi connectivity index (χ0) is 19.7. The molecule has 0 spiro atoms. The Balaban J connectivity index is 1.46. The molecule has 0 bridgehead atoms. The molecule has 148 valence electrons. The van der Waals surface area contributed by atoms with Crippen LogP contribution < -0.4 is 0 Å². The molecule has 3 aromatic rings. The average Bonchev–Trinajstić information content (AvgIpc) is 3.40. The van der Waals surface area contributed by atoms with Gasteiger partial charge >= 0.3 is 0 Å². The molecule has 1 saturated heterocycles. The third-order valence-corrected chi connectivity index (χ3v) is 7.29. The van der Waals surface area contributed by atoms with E-state index in [0.29, 0.717) is 31.8 Å². The SMILES string of the molecule is Cn1cc(S(=O)(=O)N2CCCN(C(=O)c3cc(-c4cccs4)on3)CC2)cn1. The van der Waals surface area contributed by atoms with Crippen molar-refractivity contribution in [1.29, 1.82) is 0 Å². The summed E-state index contributed by atoms with van der Waals surface area (Å²) in [4.78, 5) is 15.5. The fourth-order valence-electron chi connectivity index (χ4n) is 3.09. The van der Waals surface area contributed by atoms with Gasteiger partial charge in [0.15, 0.2) is 11.5 Å². The Morgan fingerprint density at radius 2 is 2.11 bits per heavy atom. The van der Waals surface area contributed by atoms with Crippen LogP contribution in [-0.2, 0) is 17.1 Å². The van der Waals surface area contributed by atoms with E-state index in [2.05, 4.69) is 10.3 Å². The zero-order valence-corrected chi connectivity index (χ0v) is 16.8. The van der Waals surface area contributed by atoms with Gasteiger partial charge in [-0.05, 0) is 17.9 Å². The first-order valence-electron chi connectivity index (χ1n) is 8.74. The molecule has 3 aromatic heterocycles. The maximum atomic E-state index is 12.8. The van der Waals surface area contributed by atoms with E-state index in [9.17, 15) is 13.2 Å². The van der Waals surface area contributed by atoms with Crippen molar-refractivity contribution in [2.75, 3.05) is 26.2 Å². The van der Waals surface area contributed by atoms with Crippen LogP contribution >= 0.6 is 11.3 Å². The lowest BCUT2D eigenvalue weighted by Gasteiger charge is -2.20. The number of aryl methyl sites for hydroxylation is 1. The summed E-state index contributed by atoms with van der Waals surface area (Å²) in [5.41, 5.74) is 0.229. The highest BCUT2D eigenvalue weighted by Gasteiger charge is 2.30. The van der Waals surface area contributed by atoms with Crippen molar-refractivity contribution < 1.29 is 17.7 Å². The first-order chi connectivity index (χ1) is 13.4. The number of thiophene rings is 1. The van der Waals surface area contributed by atoms with E-state index >= 15 is 0 Å². The normalized spacial score (nSPS) is 16.2. The summed E-state index contributed by atoms with van der Waals surface area (Å²) < 4.78 is 33.7. The van der Waals surface area contributed by atoms with Gasteiger partial charge < -0.3 is 9.42 Å². The van der Waals surface area contributed by atoms with Gasteiger partial charge in [-0.15, -0.1) is 11.3 Å². The molecule has 0 radical (unpaired) electrons. The minimum atomic E-state index is -3.62. The first-order valence-corrected chi connectivity index (χ1v) is 11.1. The maximum absolute atomic E-state index is 12.8. The molecule has 1 aliphatic heterocycles. The highest BCUT2D eigenvalue weighted by atomic mass is 32.2. The average molecular weight is 422 g/mol. The lowest BCUT2D eigenvalue weighted by atomic mass is 10.3.